The molecule has 0 bridgehead atoms. The second-order valence-electron chi connectivity index (χ2n) is 9.30. The fourth-order valence-corrected chi connectivity index (χ4v) is 5.15. The minimum Gasteiger partial charge on any atom is -0.464 e. The molecule has 0 radical (unpaired) electrons. The third-order valence-electron chi connectivity index (χ3n) is 6.66. The van der Waals surface area contributed by atoms with Crippen molar-refractivity contribution in [3.63, 3.8) is 0 Å². The molecule has 0 unspecified atom stereocenters. The Morgan fingerprint density at radius 1 is 0.971 bits per heavy atom. The van der Waals surface area contributed by atoms with E-state index in [1.165, 1.54) is 12.0 Å². The van der Waals surface area contributed by atoms with Crippen molar-refractivity contribution in [2.24, 2.45) is 0 Å². The monoisotopic (exact) mass is 536 g/mol. The van der Waals surface area contributed by atoms with E-state index in [0.29, 0.717) is 18.7 Å². The summed E-state index contributed by atoms with van der Waals surface area (Å²) in [4.78, 5) is 31.0. The average molecular weight is 537 g/mol. The van der Waals surface area contributed by atoms with Gasteiger partial charge in [-0.25, -0.2) is 0 Å². The second-order valence-corrected chi connectivity index (χ2v) is 10.2. The Bertz CT molecular complexity index is 1120. The summed E-state index contributed by atoms with van der Waals surface area (Å²) >= 11 is 3.48. The number of nitrogens with zero attached hydrogens (tertiary/aromatic N) is 2. The SMILES string of the molecule is Cc1ccc(CN(CCc2ccccc2)C(=O)CN(C(=O)c2cccc(Br)c2)C2CCCCC2)o1. The number of rotatable bonds is 9. The van der Waals surface area contributed by atoms with E-state index < -0.39 is 0 Å². The van der Waals surface area contributed by atoms with Gasteiger partial charge >= 0.3 is 0 Å². The van der Waals surface area contributed by atoms with Crippen molar-refractivity contribution in [2.75, 3.05) is 13.1 Å². The van der Waals surface area contributed by atoms with Crippen LogP contribution in [0.1, 0.15) is 59.5 Å². The van der Waals surface area contributed by atoms with Crippen LogP contribution in [0.4, 0.5) is 0 Å². The second kappa shape index (κ2) is 12.2. The van der Waals surface area contributed by atoms with Gasteiger partial charge in [0.2, 0.25) is 5.91 Å². The van der Waals surface area contributed by atoms with E-state index in [9.17, 15) is 9.59 Å². The summed E-state index contributed by atoms with van der Waals surface area (Å²) in [6.07, 6.45) is 5.98. The van der Waals surface area contributed by atoms with Crippen molar-refractivity contribution >= 4 is 27.7 Å². The predicted molar refractivity (Wildman–Crippen MR) is 141 cm³/mol. The van der Waals surface area contributed by atoms with Crippen LogP contribution in [0.5, 0.6) is 0 Å². The van der Waals surface area contributed by atoms with Crippen molar-refractivity contribution in [3.8, 4) is 0 Å². The molecular formula is C29H33BrN2O3. The summed E-state index contributed by atoms with van der Waals surface area (Å²) in [5.41, 5.74) is 1.78. The maximum absolute atomic E-state index is 13.7. The molecule has 35 heavy (non-hydrogen) atoms. The van der Waals surface area contributed by atoms with E-state index in [2.05, 4.69) is 28.1 Å². The van der Waals surface area contributed by atoms with Gasteiger partial charge in [0.05, 0.1) is 6.54 Å². The molecule has 1 fully saturated rings. The molecule has 1 aliphatic rings. The smallest absolute Gasteiger partial charge is 0.254 e. The molecule has 1 heterocycles. The van der Waals surface area contributed by atoms with Gasteiger partial charge in [-0.2, -0.15) is 0 Å². The van der Waals surface area contributed by atoms with E-state index in [1.807, 2.05) is 71.3 Å². The molecule has 3 aromatic rings. The zero-order chi connectivity index (χ0) is 24.6. The van der Waals surface area contributed by atoms with Crippen LogP contribution in [0, 0.1) is 6.92 Å². The Morgan fingerprint density at radius 2 is 1.74 bits per heavy atom. The number of furan rings is 1. The van der Waals surface area contributed by atoms with E-state index in [-0.39, 0.29) is 24.4 Å². The number of halogens is 1. The van der Waals surface area contributed by atoms with Gasteiger partial charge in [0.25, 0.3) is 5.91 Å². The minimum absolute atomic E-state index is 0.0519. The summed E-state index contributed by atoms with van der Waals surface area (Å²) in [7, 11) is 0. The van der Waals surface area contributed by atoms with Crippen molar-refractivity contribution in [2.45, 2.75) is 58.0 Å². The van der Waals surface area contributed by atoms with Gasteiger partial charge < -0.3 is 14.2 Å². The van der Waals surface area contributed by atoms with Gasteiger partial charge in [-0.3, -0.25) is 9.59 Å². The molecule has 4 rings (SSSR count). The van der Waals surface area contributed by atoms with Crippen LogP contribution in [-0.4, -0.2) is 40.7 Å². The third kappa shape index (κ3) is 7.07. The number of benzene rings is 2. The lowest BCUT2D eigenvalue weighted by atomic mass is 9.93. The molecule has 1 aromatic heterocycles. The van der Waals surface area contributed by atoms with E-state index in [0.717, 1.165) is 48.1 Å². The van der Waals surface area contributed by atoms with Crippen LogP contribution in [-0.2, 0) is 17.8 Å². The van der Waals surface area contributed by atoms with Gasteiger partial charge in [0.15, 0.2) is 0 Å². The maximum atomic E-state index is 13.7. The Balaban J connectivity index is 1.54. The lowest BCUT2D eigenvalue weighted by Crippen LogP contribution is -2.48. The first-order valence-corrected chi connectivity index (χ1v) is 13.2. The number of amides is 2. The molecule has 0 aliphatic heterocycles. The highest BCUT2D eigenvalue weighted by Gasteiger charge is 2.30. The lowest BCUT2D eigenvalue weighted by Gasteiger charge is -2.35. The highest BCUT2D eigenvalue weighted by atomic mass is 79.9. The Kier molecular flexibility index (Phi) is 8.80. The topological polar surface area (TPSA) is 53.8 Å². The first-order valence-electron chi connectivity index (χ1n) is 12.4. The van der Waals surface area contributed by atoms with E-state index >= 15 is 0 Å². The Labute approximate surface area is 216 Å². The molecule has 2 aromatic carbocycles. The highest BCUT2D eigenvalue weighted by Crippen LogP contribution is 2.25. The number of hydrogen-bond acceptors (Lipinski definition) is 3. The van der Waals surface area contributed by atoms with Gasteiger partial charge in [0.1, 0.15) is 18.1 Å². The summed E-state index contributed by atoms with van der Waals surface area (Å²) in [5, 5.41) is 0. The Morgan fingerprint density at radius 3 is 2.43 bits per heavy atom. The van der Waals surface area contributed by atoms with E-state index in [4.69, 9.17) is 4.42 Å². The molecule has 1 saturated carbocycles. The van der Waals surface area contributed by atoms with Crippen LogP contribution in [0.15, 0.2) is 75.6 Å². The molecule has 0 N–H and O–H groups in total. The summed E-state index contributed by atoms with van der Waals surface area (Å²) < 4.78 is 6.65. The first kappa shape index (κ1) is 25.2. The van der Waals surface area contributed by atoms with Gasteiger partial charge in [-0.1, -0.05) is 71.6 Å². The fraction of sp³-hybridized carbons (Fsp3) is 0.379. The molecule has 0 spiro atoms. The summed E-state index contributed by atoms with van der Waals surface area (Å²) in [6.45, 7) is 2.93. The van der Waals surface area contributed by atoms with Crippen molar-refractivity contribution in [3.05, 3.63) is 93.9 Å². The summed E-state index contributed by atoms with van der Waals surface area (Å²) in [6, 6.07) is 21.5. The highest BCUT2D eigenvalue weighted by molar-refractivity contribution is 9.10. The first-order chi connectivity index (χ1) is 17.0. The number of carbonyl (C=O) groups excluding carboxylic acids is 2. The number of hydrogen-bond donors (Lipinski definition) is 0. The van der Waals surface area contributed by atoms with Gasteiger partial charge in [-0.05, 0) is 62.1 Å². The van der Waals surface area contributed by atoms with Gasteiger partial charge in [0, 0.05) is 22.6 Å². The third-order valence-corrected chi connectivity index (χ3v) is 7.16. The van der Waals surface area contributed by atoms with Crippen LogP contribution < -0.4 is 0 Å². The zero-order valence-corrected chi connectivity index (χ0v) is 21.9. The van der Waals surface area contributed by atoms with Gasteiger partial charge in [-0.15, -0.1) is 0 Å². The predicted octanol–water partition coefficient (Wildman–Crippen LogP) is 6.40. The number of carbonyl (C=O) groups is 2. The Hall–Kier alpha value is -2.86. The molecule has 2 amide bonds. The van der Waals surface area contributed by atoms with Crippen LogP contribution in [0.25, 0.3) is 0 Å². The number of aryl methyl sites for hydroxylation is 1. The lowest BCUT2D eigenvalue weighted by molar-refractivity contribution is -0.133. The summed E-state index contributed by atoms with van der Waals surface area (Å²) in [5.74, 6) is 1.45. The molecular weight excluding hydrogens is 504 g/mol. The zero-order valence-electron chi connectivity index (χ0n) is 20.3. The van der Waals surface area contributed by atoms with Crippen molar-refractivity contribution < 1.29 is 14.0 Å². The maximum Gasteiger partial charge on any atom is 0.254 e. The largest absolute Gasteiger partial charge is 0.464 e. The minimum atomic E-state index is -0.0802. The molecule has 184 valence electrons. The van der Waals surface area contributed by atoms with Crippen LogP contribution in [0.2, 0.25) is 0 Å². The molecule has 6 heteroatoms. The van der Waals surface area contributed by atoms with E-state index in [1.54, 1.807) is 0 Å². The van der Waals surface area contributed by atoms with Crippen molar-refractivity contribution in [1.29, 1.82) is 0 Å². The normalized spacial score (nSPS) is 14.0. The van der Waals surface area contributed by atoms with Crippen LogP contribution >= 0.6 is 15.9 Å². The standard InChI is InChI=1S/C29H33BrN2O3/c1-22-15-16-27(35-22)20-31(18-17-23-9-4-2-5-10-23)28(33)21-32(26-13-6-3-7-14-26)29(34)24-11-8-12-25(30)19-24/h2,4-5,8-12,15-16,19,26H,3,6-7,13-14,17-18,20-21H2,1H3. The molecule has 5 nitrogen and oxygen atoms in total. The molecule has 0 atom stereocenters. The van der Waals surface area contributed by atoms with Crippen LogP contribution in [0.3, 0.4) is 0 Å². The fourth-order valence-electron chi connectivity index (χ4n) is 4.75. The average Bonchev–Trinajstić information content (AvgIpc) is 3.30. The molecule has 1 aliphatic carbocycles. The quantitative estimate of drug-likeness (QED) is 0.318. The molecule has 0 saturated heterocycles. The van der Waals surface area contributed by atoms with Crippen molar-refractivity contribution in [1.82, 2.24) is 9.80 Å².